The summed E-state index contributed by atoms with van der Waals surface area (Å²) >= 11 is -0.235. The van der Waals surface area contributed by atoms with Gasteiger partial charge in [-0.05, 0) is 36.4 Å². The first kappa shape index (κ1) is 12.3. The van der Waals surface area contributed by atoms with Gasteiger partial charge in [-0.3, -0.25) is 9.97 Å². The van der Waals surface area contributed by atoms with Crippen LogP contribution in [0.1, 0.15) is 0 Å². The fourth-order valence-corrected chi connectivity index (χ4v) is 3.48. The molecule has 0 aliphatic carbocycles. The Morgan fingerprint density at radius 1 is 0.762 bits per heavy atom. The summed E-state index contributed by atoms with van der Waals surface area (Å²) in [7, 11) is 0. The van der Waals surface area contributed by atoms with Gasteiger partial charge in [0.15, 0.2) is 0 Å². The largest absolute Gasteiger partial charge is 0.418 e. The highest BCUT2D eigenvalue weighted by Gasteiger charge is 2.11. The molecule has 7 heteroatoms. The number of hydrogen-bond donors (Lipinski definition) is 4. The van der Waals surface area contributed by atoms with Crippen molar-refractivity contribution in [1.82, 2.24) is 19.9 Å². The highest BCUT2D eigenvalue weighted by Crippen LogP contribution is 2.13. The molecule has 0 bridgehead atoms. The molecule has 2 heterocycles. The van der Waals surface area contributed by atoms with E-state index in [-0.39, 0.29) is 15.2 Å². The van der Waals surface area contributed by atoms with Gasteiger partial charge in [-0.15, -0.1) is 0 Å². The molecule has 6 N–H and O–H groups in total. The van der Waals surface area contributed by atoms with Crippen molar-refractivity contribution in [2.45, 2.75) is 0 Å². The number of benzene rings is 2. The summed E-state index contributed by atoms with van der Waals surface area (Å²) < 4.78 is 1.87. The topological polar surface area (TPSA) is 109 Å². The second-order valence-corrected chi connectivity index (χ2v) is 6.32. The van der Waals surface area contributed by atoms with E-state index in [2.05, 4.69) is 19.9 Å². The van der Waals surface area contributed by atoms with Crippen LogP contribution in [0.4, 0.5) is 11.4 Å². The average Bonchev–Trinajstić information content (AvgIpc) is 3.00. The van der Waals surface area contributed by atoms with Crippen molar-refractivity contribution in [3.63, 3.8) is 0 Å². The van der Waals surface area contributed by atoms with E-state index in [9.17, 15) is 0 Å². The van der Waals surface area contributed by atoms with Crippen LogP contribution in [0.15, 0.2) is 36.4 Å². The zero-order valence-corrected chi connectivity index (χ0v) is 12.2. The quantitative estimate of drug-likeness (QED) is 0.314. The van der Waals surface area contributed by atoms with E-state index in [1.807, 2.05) is 36.4 Å². The number of nitrogens with one attached hydrogen (secondary N) is 2. The summed E-state index contributed by atoms with van der Waals surface area (Å²) in [6.07, 6.45) is 0. The number of nitrogens with two attached hydrogens (primary N) is 2. The van der Waals surface area contributed by atoms with Crippen molar-refractivity contribution in [3.05, 3.63) is 36.4 Å². The van der Waals surface area contributed by atoms with E-state index in [0.717, 1.165) is 42.8 Å². The van der Waals surface area contributed by atoms with Gasteiger partial charge >= 0.3 is 15.2 Å². The van der Waals surface area contributed by atoms with Gasteiger partial charge in [0.25, 0.3) is 0 Å². The lowest BCUT2D eigenvalue weighted by atomic mass is 10.3. The molecule has 21 heavy (non-hydrogen) atoms. The molecular weight excluding hydrogens is 279 g/mol. The van der Waals surface area contributed by atoms with Crippen LogP contribution in [0.25, 0.3) is 22.1 Å². The summed E-state index contributed by atoms with van der Waals surface area (Å²) in [4.78, 5) is 15.8. The molecule has 0 saturated carbocycles. The summed E-state index contributed by atoms with van der Waals surface area (Å²) in [5.41, 5.74) is 16.8. The van der Waals surface area contributed by atoms with Gasteiger partial charge in [-0.2, -0.15) is 0 Å². The summed E-state index contributed by atoms with van der Waals surface area (Å²) in [5, 5.41) is 0. The molecule has 2 aromatic carbocycles. The lowest BCUT2D eigenvalue weighted by Gasteiger charge is -1.90. The van der Waals surface area contributed by atoms with E-state index in [1.165, 1.54) is 0 Å². The maximum Gasteiger partial charge on any atom is 0.418 e. The van der Waals surface area contributed by atoms with E-state index in [4.69, 9.17) is 11.5 Å². The zero-order valence-electron chi connectivity index (χ0n) is 11.1. The molecule has 0 saturated heterocycles. The number of H-pyrrole nitrogens is 2. The predicted octanol–water partition coefficient (Wildman–Crippen LogP) is 0.259. The van der Waals surface area contributed by atoms with E-state index in [0.29, 0.717) is 0 Å². The second kappa shape index (κ2) is 4.52. The minimum Gasteiger partial charge on any atom is -0.399 e. The van der Waals surface area contributed by atoms with Crippen molar-refractivity contribution in [2.24, 2.45) is 0 Å². The molecular formula is C14H12AlN6. The van der Waals surface area contributed by atoms with Crippen molar-refractivity contribution >= 4 is 58.0 Å². The lowest BCUT2D eigenvalue weighted by molar-refractivity contribution is 1.40. The summed E-state index contributed by atoms with van der Waals surface area (Å²) in [5.74, 6) is 0. The van der Waals surface area contributed by atoms with Gasteiger partial charge in [0.05, 0.1) is 22.1 Å². The number of hydrogen-bond acceptors (Lipinski definition) is 4. The molecule has 0 fully saturated rings. The fraction of sp³-hybridized carbons (Fsp3) is 0. The molecule has 1 radical (unpaired) electrons. The molecule has 0 unspecified atom stereocenters. The minimum absolute atomic E-state index is 0.235. The zero-order chi connectivity index (χ0) is 14.4. The molecule has 0 aliphatic rings. The summed E-state index contributed by atoms with van der Waals surface area (Å²) in [6.45, 7) is 0. The minimum atomic E-state index is -0.235. The number of aromatic nitrogens is 4. The van der Waals surface area contributed by atoms with E-state index < -0.39 is 0 Å². The van der Waals surface area contributed by atoms with Crippen LogP contribution in [-0.4, -0.2) is 35.2 Å². The number of anilines is 2. The van der Waals surface area contributed by atoms with Gasteiger partial charge in [-0.1, -0.05) is 0 Å². The number of imidazole rings is 2. The number of fused-ring (bicyclic) bond motifs is 2. The Labute approximate surface area is 126 Å². The van der Waals surface area contributed by atoms with Crippen molar-refractivity contribution < 1.29 is 0 Å². The molecule has 101 valence electrons. The van der Waals surface area contributed by atoms with Crippen LogP contribution in [-0.2, 0) is 0 Å². The fourth-order valence-electron chi connectivity index (χ4n) is 2.36. The molecule has 0 aliphatic heterocycles. The molecule has 0 atom stereocenters. The molecule has 6 nitrogen and oxygen atoms in total. The number of aromatic amines is 2. The second-order valence-electron chi connectivity index (χ2n) is 4.94. The van der Waals surface area contributed by atoms with Crippen LogP contribution < -0.4 is 20.8 Å². The molecule has 4 aromatic rings. The van der Waals surface area contributed by atoms with Gasteiger partial charge < -0.3 is 21.4 Å². The predicted molar refractivity (Wildman–Crippen MR) is 86.0 cm³/mol. The molecule has 2 aromatic heterocycles. The maximum absolute atomic E-state index is 5.78. The van der Waals surface area contributed by atoms with Crippen molar-refractivity contribution in [2.75, 3.05) is 11.5 Å². The van der Waals surface area contributed by atoms with Gasteiger partial charge in [0, 0.05) is 20.7 Å². The highest BCUT2D eigenvalue weighted by atomic mass is 27.1. The molecule has 0 amide bonds. The normalized spacial score (nSPS) is 11.2. The maximum atomic E-state index is 5.78. The first-order valence-electron chi connectivity index (χ1n) is 6.53. The van der Waals surface area contributed by atoms with Gasteiger partial charge in [0.2, 0.25) is 0 Å². The van der Waals surface area contributed by atoms with Crippen molar-refractivity contribution in [3.8, 4) is 0 Å². The Bertz CT molecular complexity index is 877. The van der Waals surface area contributed by atoms with E-state index >= 15 is 0 Å². The van der Waals surface area contributed by atoms with Crippen LogP contribution >= 0.6 is 0 Å². The Kier molecular flexibility index (Phi) is 2.64. The van der Waals surface area contributed by atoms with Crippen molar-refractivity contribution in [1.29, 1.82) is 0 Å². The monoisotopic (exact) mass is 291 g/mol. The van der Waals surface area contributed by atoms with Crippen LogP contribution in [0.3, 0.4) is 0 Å². The lowest BCUT2D eigenvalue weighted by Crippen LogP contribution is -2.32. The molecule has 4 rings (SSSR count). The van der Waals surface area contributed by atoms with Gasteiger partial charge in [-0.25, -0.2) is 0 Å². The summed E-state index contributed by atoms with van der Waals surface area (Å²) in [6, 6.07) is 11.3. The van der Waals surface area contributed by atoms with E-state index in [1.54, 1.807) is 0 Å². The smallest absolute Gasteiger partial charge is 0.399 e. The Morgan fingerprint density at radius 3 is 1.71 bits per heavy atom. The highest BCUT2D eigenvalue weighted by molar-refractivity contribution is 6.64. The SMILES string of the molecule is Nc1ccc2n[c]([Al][c]3nc4ccc(N)cc4[nH]3)[nH]c2c1. The third kappa shape index (κ3) is 2.23. The van der Waals surface area contributed by atoms with Crippen LogP contribution in [0.5, 0.6) is 0 Å². The number of nitrogen functional groups attached to an aromatic ring is 2. The van der Waals surface area contributed by atoms with Crippen LogP contribution in [0, 0.1) is 0 Å². The first-order valence-corrected chi connectivity index (χ1v) is 7.68. The number of rotatable bonds is 2. The Morgan fingerprint density at radius 2 is 1.24 bits per heavy atom. The average molecular weight is 291 g/mol. The Balaban J connectivity index is 1.71. The standard InChI is InChI=1S/2C7H6N3.Al/c2*8-5-1-2-6-7(3-5)10-4-9-6;/h2*1-3H,8H2,(H,9,10);. The Hall–Kier alpha value is -2.49. The third-order valence-corrected chi connectivity index (χ3v) is 4.42. The first-order chi connectivity index (χ1) is 10.2. The van der Waals surface area contributed by atoms with Gasteiger partial charge in [0.1, 0.15) is 0 Å². The number of nitrogens with zero attached hydrogens (tertiary/aromatic N) is 2. The third-order valence-electron chi connectivity index (χ3n) is 3.32. The van der Waals surface area contributed by atoms with Crippen LogP contribution in [0.2, 0.25) is 0 Å². The molecule has 0 spiro atoms.